The van der Waals surface area contributed by atoms with E-state index in [0.29, 0.717) is 6.04 Å². The number of hydrogen-bond donors (Lipinski definition) is 0. The first-order valence-corrected chi connectivity index (χ1v) is 10.1. The van der Waals surface area contributed by atoms with Gasteiger partial charge in [0.2, 0.25) is 0 Å². The largest absolute Gasteiger partial charge is 0.302 e. The molecule has 3 heteroatoms. The second kappa shape index (κ2) is 8.64. The fourth-order valence-electron chi connectivity index (χ4n) is 4.20. The lowest BCUT2D eigenvalue weighted by molar-refractivity contribution is 0.112. The van der Waals surface area contributed by atoms with Crippen LogP contribution in [0.1, 0.15) is 24.0 Å². The number of rotatable bonds is 6. The van der Waals surface area contributed by atoms with Crippen molar-refractivity contribution in [3.63, 3.8) is 0 Å². The van der Waals surface area contributed by atoms with Crippen molar-refractivity contribution in [1.29, 1.82) is 0 Å². The summed E-state index contributed by atoms with van der Waals surface area (Å²) in [5.41, 5.74) is 3.93. The van der Waals surface area contributed by atoms with E-state index in [2.05, 4.69) is 76.4 Å². The predicted octanol–water partition coefficient (Wildman–Crippen LogP) is 4.37. The van der Waals surface area contributed by atoms with Gasteiger partial charge in [-0.3, -0.25) is 9.88 Å². The number of aromatic nitrogens is 1. The summed E-state index contributed by atoms with van der Waals surface area (Å²) in [6.07, 6.45) is 5.61. The van der Waals surface area contributed by atoms with Gasteiger partial charge >= 0.3 is 0 Å². The summed E-state index contributed by atoms with van der Waals surface area (Å²) in [7, 11) is 2.29. The van der Waals surface area contributed by atoms with E-state index in [-0.39, 0.29) is 0 Å². The highest BCUT2D eigenvalue weighted by atomic mass is 15.2. The lowest BCUT2D eigenvalue weighted by Gasteiger charge is -2.38. The summed E-state index contributed by atoms with van der Waals surface area (Å²) in [6, 6.07) is 22.2. The first kappa shape index (κ1) is 18.1. The predicted molar refractivity (Wildman–Crippen MR) is 113 cm³/mol. The minimum absolute atomic E-state index is 0.644. The van der Waals surface area contributed by atoms with Crippen LogP contribution in [0.5, 0.6) is 0 Å². The number of fused-ring (bicyclic) bond motifs is 1. The average molecular weight is 360 g/mol. The monoisotopic (exact) mass is 359 g/mol. The van der Waals surface area contributed by atoms with Crippen molar-refractivity contribution in [3.05, 3.63) is 78.0 Å². The molecule has 140 valence electrons. The van der Waals surface area contributed by atoms with Crippen LogP contribution in [-0.2, 0) is 13.0 Å². The van der Waals surface area contributed by atoms with E-state index in [1.165, 1.54) is 35.9 Å². The lowest BCUT2D eigenvalue weighted by Crippen LogP contribution is -2.46. The van der Waals surface area contributed by atoms with Gasteiger partial charge in [-0.05, 0) is 50.0 Å². The highest BCUT2D eigenvalue weighted by Crippen LogP contribution is 2.21. The Morgan fingerprint density at radius 2 is 1.89 bits per heavy atom. The minimum atomic E-state index is 0.644. The zero-order chi connectivity index (χ0) is 18.5. The molecule has 27 heavy (non-hydrogen) atoms. The van der Waals surface area contributed by atoms with Crippen molar-refractivity contribution in [2.24, 2.45) is 0 Å². The maximum absolute atomic E-state index is 4.63. The molecule has 0 N–H and O–H groups in total. The second-order valence-electron chi connectivity index (χ2n) is 7.74. The molecule has 2 heterocycles. The van der Waals surface area contributed by atoms with Crippen molar-refractivity contribution < 1.29 is 0 Å². The molecule has 1 aliphatic rings. The highest BCUT2D eigenvalue weighted by Gasteiger charge is 2.23. The van der Waals surface area contributed by atoms with Gasteiger partial charge < -0.3 is 4.90 Å². The summed E-state index contributed by atoms with van der Waals surface area (Å²) in [6.45, 7) is 4.45. The molecule has 0 aliphatic carbocycles. The summed E-state index contributed by atoms with van der Waals surface area (Å²) in [4.78, 5) is 9.79. The van der Waals surface area contributed by atoms with Gasteiger partial charge in [0.05, 0.1) is 5.52 Å². The van der Waals surface area contributed by atoms with Gasteiger partial charge in [-0.1, -0.05) is 54.6 Å². The number of likely N-dealkylation sites (N-methyl/N-ethyl adjacent to an activating group) is 1. The van der Waals surface area contributed by atoms with E-state index in [4.69, 9.17) is 0 Å². The number of hydrogen-bond acceptors (Lipinski definition) is 3. The zero-order valence-electron chi connectivity index (χ0n) is 16.2. The van der Waals surface area contributed by atoms with E-state index in [9.17, 15) is 0 Å². The van der Waals surface area contributed by atoms with Crippen LogP contribution in [0, 0.1) is 0 Å². The molecular formula is C24H29N3. The number of benzene rings is 2. The lowest BCUT2D eigenvalue weighted by atomic mass is 10.0. The van der Waals surface area contributed by atoms with E-state index in [0.717, 1.165) is 31.6 Å². The van der Waals surface area contributed by atoms with Gasteiger partial charge in [-0.2, -0.15) is 0 Å². The van der Waals surface area contributed by atoms with Crippen LogP contribution in [0.25, 0.3) is 10.9 Å². The van der Waals surface area contributed by atoms with Gasteiger partial charge in [0.15, 0.2) is 0 Å². The number of likely N-dealkylation sites (tertiary alicyclic amines) is 1. The zero-order valence-corrected chi connectivity index (χ0v) is 16.2. The van der Waals surface area contributed by atoms with E-state index < -0.39 is 0 Å². The molecular weight excluding hydrogens is 330 g/mol. The van der Waals surface area contributed by atoms with E-state index >= 15 is 0 Å². The third-order valence-electron chi connectivity index (χ3n) is 5.81. The Morgan fingerprint density at radius 1 is 1.04 bits per heavy atom. The summed E-state index contributed by atoms with van der Waals surface area (Å²) in [5, 5.41) is 1.24. The van der Waals surface area contributed by atoms with Crippen LogP contribution in [0.15, 0.2) is 66.9 Å². The molecule has 0 saturated carbocycles. The molecule has 1 atom stereocenters. The Hall–Kier alpha value is -2.23. The van der Waals surface area contributed by atoms with E-state index in [1.807, 2.05) is 12.3 Å². The Bertz CT molecular complexity index is 856. The molecule has 1 saturated heterocycles. The number of pyridine rings is 1. The Kier molecular flexibility index (Phi) is 5.81. The summed E-state index contributed by atoms with van der Waals surface area (Å²) >= 11 is 0. The first-order chi connectivity index (χ1) is 13.3. The summed E-state index contributed by atoms with van der Waals surface area (Å²) in [5.74, 6) is 0. The van der Waals surface area contributed by atoms with Crippen LogP contribution in [-0.4, -0.2) is 47.5 Å². The molecule has 3 aromatic rings. The molecule has 4 rings (SSSR count). The fourth-order valence-corrected chi connectivity index (χ4v) is 4.20. The Balaban J connectivity index is 1.37. The molecule has 0 amide bonds. The third-order valence-corrected chi connectivity index (χ3v) is 5.81. The number of piperidine rings is 1. The van der Waals surface area contributed by atoms with Crippen LogP contribution in [0.2, 0.25) is 0 Å². The SMILES string of the molecule is CN(CCc1ccccc1)C1CCCN(Cc2cccc3cccnc23)C1. The van der Waals surface area contributed by atoms with Crippen molar-refractivity contribution in [3.8, 4) is 0 Å². The van der Waals surface area contributed by atoms with Gasteiger partial charge in [0.25, 0.3) is 0 Å². The highest BCUT2D eigenvalue weighted by molar-refractivity contribution is 5.81. The molecule has 0 spiro atoms. The van der Waals surface area contributed by atoms with Crippen LogP contribution >= 0.6 is 0 Å². The average Bonchev–Trinajstić information content (AvgIpc) is 2.73. The summed E-state index contributed by atoms with van der Waals surface area (Å²) < 4.78 is 0. The standard InChI is InChI=1S/C24H29N3/c1-26(17-14-20-8-3-2-4-9-20)23-13-7-16-27(19-23)18-22-11-5-10-21-12-6-15-25-24(21)22/h2-6,8-12,15,23H,7,13-14,16-19H2,1H3. The normalized spacial score (nSPS) is 18.2. The van der Waals surface area contributed by atoms with Gasteiger partial charge in [0, 0.05) is 37.3 Å². The first-order valence-electron chi connectivity index (χ1n) is 10.1. The van der Waals surface area contributed by atoms with Crippen molar-refractivity contribution in [2.45, 2.75) is 31.8 Å². The fraction of sp³-hybridized carbons (Fsp3) is 0.375. The Morgan fingerprint density at radius 3 is 2.78 bits per heavy atom. The van der Waals surface area contributed by atoms with E-state index in [1.54, 1.807) is 0 Å². The number of para-hydroxylation sites is 1. The van der Waals surface area contributed by atoms with Crippen LogP contribution in [0.4, 0.5) is 0 Å². The van der Waals surface area contributed by atoms with Crippen LogP contribution in [0.3, 0.4) is 0 Å². The molecule has 0 radical (unpaired) electrons. The molecule has 1 aromatic heterocycles. The molecule has 0 bridgehead atoms. The maximum Gasteiger partial charge on any atom is 0.0746 e. The third kappa shape index (κ3) is 4.55. The quantitative estimate of drug-likeness (QED) is 0.651. The molecule has 1 fully saturated rings. The molecule has 3 nitrogen and oxygen atoms in total. The molecule has 2 aromatic carbocycles. The minimum Gasteiger partial charge on any atom is -0.302 e. The molecule has 1 unspecified atom stereocenters. The molecule has 1 aliphatic heterocycles. The maximum atomic E-state index is 4.63. The van der Waals surface area contributed by atoms with Crippen molar-refractivity contribution >= 4 is 10.9 Å². The Labute approximate surface area is 162 Å². The van der Waals surface area contributed by atoms with Crippen molar-refractivity contribution in [1.82, 2.24) is 14.8 Å². The smallest absolute Gasteiger partial charge is 0.0746 e. The van der Waals surface area contributed by atoms with Gasteiger partial charge in [-0.15, -0.1) is 0 Å². The van der Waals surface area contributed by atoms with Gasteiger partial charge in [-0.25, -0.2) is 0 Å². The van der Waals surface area contributed by atoms with Crippen LogP contribution < -0.4 is 0 Å². The van der Waals surface area contributed by atoms with Gasteiger partial charge in [0.1, 0.15) is 0 Å². The number of nitrogens with zero attached hydrogens (tertiary/aromatic N) is 3. The van der Waals surface area contributed by atoms with Crippen molar-refractivity contribution in [2.75, 3.05) is 26.7 Å². The topological polar surface area (TPSA) is 19.4 Å². The second-order valence-corrected chi connectivity index (χ2v) is 7.74.